The number of carbonyl (C=O) groups is 1. The van der Waals surface area contributed by atoms with E-state index in [0.717, 1.165) is 30.9 Å². The van der Waals surface area contributed by atoms with E-state index in [2.05, 4.69) is 11.0 Å². The van der Waals surface area contributed by atoms with E-state index < -0.39 is 5.91 Å². The SMILES string of the molecule is N#Cc1c(N2CCCCCCC2)sc(C(N)=O)c1N. The molecule has 1 fully saturated rings. The van der Waals surface area contributed by atoms with Crippen molar-refractivity contribution in [2.45, 2.75) is 32.1 Å². The highest BCUT2D eigenvalue weighted by Gasteiger charge is 2.23. The molecule has 6 heteroatoms. The van der Waals surface area contributed by atoms with Crippen LogP contribution in [0.25, 0.3) is 0 Å². The predicted octanol–water partition coefficient (Wildman–Crippen LogP) is 2.07. The van der Waals surface area contributed by atoms with Crippen molar-refractivity contribution in [2.24, 2.45) is 5.73 Å². The monoisotopic (exact) mass is 278 g/mol. The molecule has 0 unspecified atom stereocenters. The molecular weight excluding hydrogens is 260 g/mol. The number of nitriles is 1. The van der Waals surface area contributed by atoms with Crippen molar-refractivity contribution >= 4 is 27.9 Å². The van der Waals surface area contributed by atoms with Gasteiger partial charge in [-0.1, -0.05) is 19.3 Å². The van der Waals surface area contributed by atoms with Gasteiger partial charge in [-0.3, -0.25) is 4.79 Å². The van der Waals surface area contributed by atoms with E-state index in [-0.39, 0.29) is 5.69 Å². The topological polar surface area (TPSA) is 96.1 Å². The standard InChI is InChI=1S/C13H18N4OS/c14-8-9-10(15)11(12(16)18)19-13(9)17-6-4-2-1-3-5-7-17/h1-7,15H2,(H2,16,18). The second-order valence-electron chi connectivity index (χ2n) is 4.76. The van der Waals surface area contributed by atoms with Gasteiger partial charge in [0.15, 0.2) is 0 Å². The fourth-order valence-electron chi connectivity index (χ4n) is 2.40. The maximum Gasteiger partial charge on any atom is 0.261 e. The second kappa shape index (κ2) is 5.93. The first-order valence-corrected chi connectivity index (χ1v) is 7.34. The quantitative estimate of drug-likeness (QED) is 0.865. The van der Waals surface area contributed by atoms with Gasteiger partial charge < -0.3 is 16.4 Å². The number of carbonyl (C=O) groups excluding carboxylic acids is 1. The first kappa shape index (κ1) is 13.7. The van der Waals surface area contributed by atoms with Crippen LogP contribution in [0.1, 0.15) is 47.3 Å². The minimum Gasteiger partial charge on any atom is -0.396 e. The van der Waals surface area contributed by atoms with Crippen LogP contribution in [-0.4, -0.2) is 19.0 Å². The molecule has 2 rings (SSSR count). The van der Waals surface area contributed by atoms with Gasteiger partial charge in [-0.15, -0.1) is 11.3 Å². The van der Waals surface area contributed by atoms with E-state index >= 15 is 0 Å². The Kier molecular flexibility index (Phi) is 4.27. The summed E-state index contributed by atoms with van der Waals surface area (Å²) in [6.45, 7) is 1.82. The summed E-state index contributed by atoms with van der Waals surface area (Å²) in [5.41, 5.74) is 11.8. The van der Waals surface area contributed by atoms with Gasteiger partial charge in [-0.05, 0) is 12.8 Å². The van der Waals surface area contributed by atoms with E-state index in [1.165, 1.54) is 30.6 Å². The summed E-state index contributed by atoms with van der Waals surface area (Å²) in [5, 5.41) is 10.1. The number of nitrogens with two attached hydrogens (primary N) is 2. The lowest BCUT2D eigenvalue weighted by atomic mass is 10.1. The minimum atomic E-state index is -0.558. The summed E-state index contributed by atoms with van der Waals surface area (Å²) in [6, 6.07) is 2.11. The number of nitrogen functional groups attached to an aromatic ring is 1. The molecule has 1 aliphatic rings. The van der Waals surface area contributed by atoms with Gasteiger partial charge in [0.05, 0.1) is 5.69 Å². The van der Waals surface area contributed by atoms with Crippen molar-refractivity contribution in [3.63, 3.8) is 0 Å². The van der Waals surface area contributed by atoms with Gasteiger partial charge in [-0.25, -0.2) is 0 Å². The number of anilines is 2. The maximum atomic E-state index is 11.3. The fourth-order valence-corrected chi connectivity index (χ4v) is 3.47. The molecule has 0 saturated carbocycles. The minimum absolute atomic E-state index is 0.233. The molecule has 0 bridgehead atoms. The lowest BCUT2D eigenvalue weighted by Gasteiger charge is -2.25. The smallest absolute Gasteiger partial charge is 0.261 e. The van der Waals surface area contributed by atoms with E-state index in [1.807, 2.05) is 0 Å². The molecule has 1 aliphatic heterocycles. The van der Waals surface area contributed by atoms with E-state index in [9.17, 15) is 10.1 Å². The van der Waals surface area contributed by atoms with Crippen molar-refractivity contribution in [3.05, 3.63) is 10.4 Å². The average Bonchev–Trinajstić information content (AvgIpc) is 2.66. The summed E-state index contributed by atoms with van der Waals surface area (Å²) >= 11 is 1.25. The van der Waals surface area contributed by atoms with Gasteiger partial charge in [0.1, 0.15) is 21.5 Å². The highest BCUT2D eigenvalue weighted by atomic mass is 32.1. The molecule has 0 spiro atoms. The predicted molar refractivity (Wildman–Crippen MR) is 77.3 cm³/mol. The molecule has 0 atom stereocenters. The van der Waals surface area contributed by atoms with E-state index in [4.69, 9.17) is 11.5 Å². The van der Waals surface area contributed by atoms with Gasteiger partial charge in [0.2, 0.25) is 0 Å². The first-order valence-electron chi connectivity index (χ1n) is 6.52. The number of rotatable bonds is 2. The zero-order valence-corrected chi connectivity index (χ0v) is 11.6. The van der Waals surface area contributed by atoms with Gasteiger partial charge in [0, 0.05) is 13.1 Å². The van der Waals surface area contributed by atoms with Crippen LogP contribution in [0.15, 0.2) is 0 Å². The van der Waals surface area contributed by atoms with Crippen molar-refractivity contribution in [2.75, 3.05) is 23.7 Å². The van der Waals surface area contributed by atoms with Crippen LogP contribution in [0.5, 0.6) is 0 Å². The van der Waals surface area contributed by atoms with Gasteiger partial charge in [-0.2, -0.15) is 5.26 Å². The lowest BCUT2D eigenvalue weighted by molar-refractivity contribution is 0.100. The number of hydrogen-bond acceptors (Lipinski definition) is 5. The number of hydrogen-bond donors (Lipinski definition) is 2. The Hall–Kier alpha value is -1.74. The van der Waals surface area contributed by atoms with Crippen molar-refractivity contribution < 1.29 is 4.79 Å². The first-order chi connectivity index (χ1) is 9.15. The van der Waals surface area contributed by atoms with Crippen molar-refractivity contribution in [1.82, 2.24) is 0 Å². The normalized spacial score (nSPS) is 16.5. The second-order valence-corrected chi connectivity index (χ2v) is 5.75. The maximum absolute atomic E-state index is 11.3. The summed E-state index contributed by atoms with van der Waals surface area (Å²) < 4.78 is 0. The molecule has 0 aromatic carbocycles. The molecule has 2 heterocycles. The third kappa shape index (κ3) is 2.82. The van der Waals surface area contributed by atoms with Crippen LogP contribution in [-0.2, 0) is 0 Å². The zero-order chi connectivity index (χ0) is 13.8. The third-order valence-corrected chi connectivity index (χ3v) is 4.69. The number of nitrogens with zero attached hydrogens (tertiary/aromatic N) is 2. The third-order valence-electron chi connectivity index (χ3n) is 3.41. The Labute approximate surface area is 116 Å². The van der Waals surface area contributed by atoms with Crippen LogP contribution in [0.3, 0.4) is 0 Å². The van der Waals surface area contributed by atoms with Crippen molar-refractivity contribution in [3.8, 4) is 6.07 Å². The average molecular weight is 278 g/mol. The molecule has 1 aromatic rings. The molecular formula is C13H18N4OS. The molecule has 1 amide bonds. The molecule has 0 aliphatic carbocycles. The van der Waals surface area contributed by atoms with E-state index in [1.54, 1.807) is 0 Å². The Morgan fingerprint density at radius 1 is 1.21 bits per heavy atom. The molecule has 19 heavy (non-hydrogen) atoms. The molecule has 4 N–H and O–H groups in total. The molecule has 102 valence electrons. The molecule has 5 nitrogen and oxygen atoms in total. The summed E-state index contributed by atoms with van der Waals surface area (Å²) in [7, 11) is 0. The Balaban J connectivity index is 2.34. The summed E-state index contributed by atoms with van der Waals surface area (Å²) in [5.74, 6) is -0.558. The lowest BCUT2D eigenvalue weighted by Crippen LogP contribution is -2.26. The largest absolute Gasteiger partial charge is 0.396 e. The van der Waals surface area contributed by atoms with Crippen LogP contribution < -0.4 is 16.4 Å². The highest BCUT2D eigenvalue weighted by molar-refractivity contribution is 7.19. The Morgan fingerprint density at radius 2 is 1.79 bits per heavy atom. The number of thiophene rings is 1. The zero-order valence-electron chi connectivity index (χ0n) is 10.8. The molecule has 1 saturated heterocycles. The summed E-state index contributed by atoms with van der Waals surface area (Å²) in [4.78, 5) is 13.8. The number of amides is 1. The van der Waals surface area contributed by atoms with Crippen LogP contribution in [0.2, 0.25) is 0 Å². The van der Waals surface area contributed by atoms with Gasteiger partial charge in [0.25, 0.3) is 5.91 Å². The van der Waals surface area contributed by atoms with Crippen LogP contribution in [0.4, 0.5) is 10.7 Å². The highest BCUT2D eigenvalue weighted by Crippen LogP contribution is 2.38. The molecule has 1 aromatic heterocycles. The summed E-state index contributed by atoms with van der Waals surface area (Å²) in [6.07, 6.45) is 5.91. The Bertz CT molecular complexity index is 509. The van der Waals surface area contributed by atoms with E-state index in [0.29, 0.717) is 10.4 Å². The van der Waals surface area contributed by atoms with Crippen LogP contribution in [0, 0.1) is 11.3 Å². The van der Waals surface area contributed by atoms with Crippen LogP contribution >= 0.6 is 11.3 Å². The fraction of sp³-hybridized carbons (Fsp3) is 0.538. The number of primary amides is 1. The van der Waals surface area contributed by atoms with Crippen molar-refractivity contribution in [1.29, 1.82) is 5.26 Å². The molecule has 0 radical (unpaired) electrons. The van der Waals surface area contributed by atoms with Gasteiger partial charge >= 0.3 is 0 Å². The Morgan fingerprint density at radius 3 is 2.32 bits per heavy atom.